The van der Waals surface area contributed by atoms with Gasteiger partial charge in [0, 0.05) is 12.6 Å². The van der Waals surface area contributed by atoms with Crippen LogP contribution >= 0.6 is 0 Å². The molecule has 0 aromatic heterocycles. The van der Waals surface area contributed by atoms with E-state index in [9.17, 15) is 0 Å². The second kappa shape index (κ2) is 2.23. The van der Waals surface area contributed by atoms with Gasteiger partial charge in [0.15, 0.2) is 0 Å². The molecule has 0 unspecified atom stereocenters. The third kappa shape index (κ3) is 0.800. The largest absolute Gasteiger partial charge is 0.303 e. The molecule has 1 aliphatic carbocycles. The smallest absolute Gasteiger partial charge is 0.0124 e. The van der Waals surface area contributed by atoms with Crippen LogP contribution < -0.4 is 0 Å². The topological polar surface area (TPSA) is 3.24 Å². The maximum Gasteiger partial charge on any atom is 0.0124 e. The second-order valence-corrected chi connectivity index (χ2v) is 4.01. The first-order chi connectivity index (χ1) is 4.81. The van der Waals surface area contributed by atoms with E-state index < -0.39 is 0 Å². The van der Waals surface area contributed by atoms with Crippen LogP contribution in [0.2, 0.25) is 0 Å². The Balaban J connectivity index is 2.06. The molecule has 1 heterocycles. The van der Waals surface area contributed by atoms with Crippen molar-refractivity contribution >= 4 is 0 Å². The van der Waals surface area contributed by atoms with Crippen molar-refractivity contribution in [3.05, 3.63) is 0 Å². The van der Waals surface area contributed by atoms with E-state index in [1.807, 2.05) is 0 Å². The predicted molar refractivity (Wildman–Crippen MR) is 42.9 cm³/mol. The average molecular weight is 139 g/mol. The second-order valence-electron chi connectivity index (χ2n) is 4.01. The zero-order chi connectivity index (χ0) is 7.14. The van der Waals surface area contributed by atoms with Gasteiger partial charge in [-0.3, -0.25) is 0 Å². The molecule has 1 nitrogen and oxygen atoms in total. The predicted octanol–water partition coefficient (Wildman–Crippen LogP) is 1.74. The van der Waals surface area contributed by atoms with E-state index in [4.69, 9.17) is 0 Å². The summed E-state index contributed by atoms with van der Waals surface area (Å²) in [6.45, 7) is 3.71. The molecular weight excluding hydrogens is 122 g/mol. The third-order valence-corrected chi connectivity index (χ3v) is 3.39. The van der Waals surface area contributed by atoms with Crippen LogP contribution in [-0.2, 0) is 0 Å². The Morgan fingerprint density at radius 1 is 1.40 bits per heavy atom. The number of hydrogen-bond donors (Lipinski definition) is 0. The number of hydrogen-bond acceptors (Lipinski definition) is 1. The summed E-state index contributed by atoms with van der Waals surface area (Å²) in [5, 5.41) is 0. The van der Waals surface area contributed by atoms with Crippen molar-refractivity contribution in [1.82, 2.24) is 4.90 Å². The minimum Gasteiger partial charge on any atom is -0.303 e. The number of fused-ring (bicyclic) bond motifs is 2. The zero-order valence-corrected chi connectivity index (χ0v) is 7.01. The molecule has 1 heteroatoms. The highest BCUT2D eigenvalue weighted by Crippen LogP contribution is 2.42. The van der Waals surface area contributed by atoms with Crippen molar-refractivity contribution < 1.29 is 0 Å². The van der Waals surface area contributed by atoms with Gasteiger partial charge in [-0.2, -0.15) is 0 Å². The summed E-state index contributed by atoms with van der Waals surface area (Å²) in [5.74, 6) is 2.09. The Bertz CT molecular complexity index is 131. The molecular formula is C9H17N. The first-order valence-electron chi connectivity index (χ1n) is 4.51. The maximum absolute atomic E-state index is 2.56. The van der Waals surface area contributed by atoms with E-state index in [1.165, 1.54) is 25.8 Å². The lowest BCUT2D eigenvalue weighted by atomic mass is 9.96. The van der Waals surface area contributed by atoms with Gasteiger partial charge in [-0.15, -0.1) is 0 Å². The highest BCUT2D eigenvalue weighted by Gasteiger charge is 2.41. The summed E-state index contributed by atoms with van der Waals surface area (Å²) >= 11 is 0. The van der Waals surface area contributed by atoms with Gasteiger partial charge in [-0.25, -0.2) is 0 Å². The molecule has 0 radical (unpaired) electrons. The molecule has 1 saturated heterocycles. The van der Waals surface area contributed by atoms with E-state index in [-0.39, 0.29) is 0 Å². The molecule has 0 aromatic carbocycles. The first kappa shape index (κ1) is 6.66. The Morgan fingerprint density at radius 2 is 2.20 bits per heavy atom. The maximum atomic E-state index is 2.56. The van der Waals surface area contributed by atoms with Crippen LogP contribution in [0.5, 0.6) is 0 Å². The molecule has 0 aromatic rings. The third-order valence-electron chi connectivity index (χ3n) is 3.39. The van der Waals surface area contributed by atoms with Gasteiger partial charge >= 0.3 is 0 Å². The molecule has 2 bridgehead atoms. The van der Waals surface area contributed by atoms with Crippen LogP contribution in [0.15, 0.2) is 0 Å². The van der Waals surface area contributed by atoms with Crippen molar-refractivity contribution in [3.8, 4) is 0 Å². The molecule has 58 valence electrons. The van der Waals surface area contributed by atoms with Crippen molar-refractivity contribution in [2.24, 2.45) is 11.8 Å². The molecule has 0 spiro atoms. The highest BCUT2D eigenvalue weighted by atomic mass is 15.2. The van der Waals surface area contributed by atoms with Gasteiger partial charge in [-0.1, -0.05) is 13.3 Å². The van der Waals surface area contributed by atoms with E-state index >= 15 is 0 Å². The van der Waals surface area contributed by atoms with Gasteiger partial charge in [0.1, 0.15) is 0 Å². The van der Waals surface area contributed by atoms with E-state index in [0.29, 0.717) is 0 Å². The summed E-state index contributed by atoms with van der Waals surface area (Å²) in [6.07, 6.45) is 4.41. The summed E-state index contributed by atoms with van der Waals surface area (Å²) < 4.78 is 0. The standard InChI is InChI=1S/C9H17N/c1-3-8-4-7-5-9(8)10(2)6-7/h7-9H,3-6H2,1-2H3/t7-,8+,9-/m1/s1. The molecule has 10 heavy (non-hydrogen) atoms. The van der Waals surface area contributed by atoms with Crippen molar-refractivity contribution in [2.45, 2.75) is 32.2 Å². The van der Waals surface area contributed by atoms with Crippen LogP contribution in [0.1, 0.15) is 26.2 Å². The Hall–Kier alpha value is -0.0400. The monoisotopic (exact) mass is 139 g/mol. The number of piperidine rings is 1. The number of rotatable bonds is 1. The Labute approximate surface area is 63.4 Å². The molecule has 3 atom stereocenters. The normalized spacial score (nSPS) is 46.8. The van der Waals surface area contributed by atoms with E-state index in [0.717, 1.165) is 17.9 Å². The SMILES string of the molecule is CC[C@H]1C[C@@H]2C[C@H]1N(C)C2. The Morgan fingerprint density at radius 3 is 2.60 bits per heavy atom. The van der Waals surface area contributed by atoms with Crippen molar-refractivity contribution in [3.63, 3.8) is 0 Å². The van der Waals surface area contributed by atoms with E-state index in [2.05, 4.69) is 18.9 Å². The fourth-order valence-electron chi connectivity index (χ4n) is 2.89. The minimum atomic E-state index is 0.954. The molecule has 1 aliphatic heterocycles. The molecule has 2 rings (SSSR count). The van der Waals surface area contributed by atoms with Crippen molar-refractivity contribution in [2.75, 3.05) is 13.6 Å². The van der Waals surface area contributed by atoms with Gasteiger partial charge in [-0.05, 0) is 31.7 Å². The average Bonchev–Trinajstić information content (AvgIpc) is 2.44. The molecule has 0 N–H and O–H groups in total. The van der Waals surface area contributed by atoms with Gasteiger partial charge in [0.2, 0.25) is 0 Å². The lowest BCUT2D eigenvalue weighted by molar-refractivity contribution is 0.189. The van der Waals surface area contributed by atoms with Crippen LogP contribution in [0, 0.1) is 11.8 Å². The lowest BCUT2D eigenvalue weighted by Crippen LogP contribution is -2.34. The van der Waals surface area contributed by atoms with Gasteiger partial charge < -0.3 is 4.90 Å². The zero-order valence-electron chi connectivity index (χ0n) is 7.01. The fraction of sp³-hybridized carbons (Fsp3) is 1.00. The van der Waals surface area contributed by atoms with Gasteiger partial charge in [0.25, 0.3) is 0 Å². The van der Waals surface area contributed by atoms with Crippen LogP contribution in [0.4, 0.5) is 0 Å². The summed E-state index contributed by atoms with van der Waals surface area (Å²) in [4.78, 5) is 2.56. The number of likely N-dealkylation sites (tertiary alicyclic amines) is 1. The summed E-state index contributed by atoms with van der Waals surface area (Å²) in [7, 11) is 2.28. The minimum absolute atomic E-state index is 0.954. The fourth-order valence-corrected chi connectivity index (χ4v) is 2.89. The van der Waals surface area contributed by atoms with Crippen molar-refractivity contribution in [1.29, 1.82) is 0 Å². The lowest BCUT2D eigenvalue weighted by Gasteiger charge is -2.29. The summed E-state index contributed by atoms with van der Waals surface area (Å²) in [5.41, 5.74) is 0. The molecule has 2 aliphatic rings. The molecule has 2 fully saturated rings. The first-order valence-corrected chi connectivity index (χ1v) is 4.51. The van der Waals surface area contributed by atoms with Crippen LogP contribution in [0.25, 0.3) is 0 Å². The van der Waals surface area contributed by atoms with E-state index in [1.54, 1.807) is 0 Å². The molecule has 0 amide bonds. The quantitative estimate of drug-likeness (QED) is 0.535. The summed E-state index contributed by atoms with van der Waals surface area (Å²) in [6, 6.07) is 0.954. The van der Waals surface area contributed by atoms with Gasteiger partial charge in [0.05, 0.1) is 0 Å². The van der Waals surface area contributed by atoms with Crippen LogP contribution in [-0.4, -0.2) is 24.5 Å². The number of nitrogens with zero attached hydrogens (tertiary/aromatic N) is 1. The molecule has 1 saturated carbocycles. The van der Waals surface area contributed by atoms with Crippen LogP contribution in [0.3, 0.4) is 0 Å². The Kier molecular flexibility index (Phi) is 1.48. The highest BCUT2D eigenvalue weighted by molar-refractivity contribution is 4.95.